The summed E-state index contributed by atoms with van der Waals surface area (Å²) in [5.74, 6) is 0.00543. The van der Waals surface area contributed by atoms with E-state index in [0.29, 0.717) is 6.42 Å². The summed E-state index contributed by atoms with van der Waals surface area (Å²) in [7, 11) is 0. The molecule has 1 heterocycles. The lowest BCUT2D eigenvalue weighted by Crippen LogP contribution is -2.12. The van der Waals surface area contributed by atoms with E-state index in [4.69, 9.17) is 4.74 Å². The van der Waals surface area contributed by atoms with Gasteiger partial charge in [0.25, 0.3) is 0 Å². The fourth-order valence-electron chi connectivity index (χ4n) is 4.03. The molecule has 5 rings (SSSR count). The molecular weight excluding hydrogens is 398 g/mol. The molecule has 1 saturated heterocycles. The van der Waals surface area contributed by atoms with E-state index in [-0.39, 0.29) is 11.9 Å². The van der Waals surface area contributed by atoms with Crippen molar-refractivity contribution >= 4 is 33.4 Å². The Labute approximate surface area is 188 Å². The van der Waals surface area contributed by atoms with E-state index in [0.717, 1.165) is 52.1 Å². The quantitative estimate of drug-likeness (QED) is 0.412. The Balaban J connectivity index is 0.000000354. The zero-order valence-corrected chi connectivity index (χ0v) is 18.2. The second-order valence-electron chi connectivity index (χ2n) is 7.81. The molecule has 1 N–H and O–H groups in total. The second-order valence-corrected chi connectivity index (χ2v) is 7.81. The minimum Gasteiger partial charge on any atom is -0.452 e. The second kappa shape index (κ2) is 10.1. The third-order valence-electron chi connectivity index (χ3n) is 5.65. The van der Waals surface area contributed by atoms with Crippen molar-refractivity contribution in [3.05, 3.63) is 96.1 Å². The van der Waals surface area contributed by atoms with E-state index in [1.165, 1.54) is 0 Å². The van der Waals surface area contributed by atoms with Crippen molar-refractivity contribution < 1.29 is 14.3 Å². The van der Waals surface area contributed by atoms with E-state index in [9.17, 15) is 9.59 Å². The SMILES string of the molecule is CCC(=O)OC(c1cccc2ccccc12)c1cccc2ccccc12.O=C1CCCN1. The van der Waals surface area contributed by atoms with Crippen molar-refractivity contribution in [1.82, 2.24) is 5.32 Å². The molecule has 4 nitrogen and oxygen atoms in total. The topological polar surface area (TPSA) is 55.4 Å². The molecule has 0 unspecified atom stereocenters. The van der Waals surface area contributed by atoms with Gasteiger partial charge in [0.15, 0.2) is 6.10 Å². The summed E-state index contributed by atoms with van der Waals surface area (Å²) in [5, 5.41) is 7.18. The van der Waals surface area contributed by atoms with Crippen LogP contribution in [-0.2, 0) is 14.3 Å². The van der Waals surface area contributed by atoms with Gasteiger partial charge in [-0.15, -0.1) is 0 Å². The number of carbonyl (C=O) groups excluding carboxylic acids is 2. The molecule has 0 bridgehead atoms. The molecule has 0 aromatic heterocycles. The molecular formula is C28H27NO3. The normalized spacial score (nSPS) is 13.0. The van der Waals surface area contributed by atoms with Gasteiger partial charge in [0, 0.05) is 30.5 Å². The van der Waals surface area contributed by atoms with Crippen LogP contribution >= 0.6 is 0 Å². The molecule has 0 atom stereocenters. The highest BCUT2D eigenvalue weighted by Gasteiger charge is 2.22. The predicted octanol–water partition coefficient (Wildman–Crippen LogP) is 5.93. The average Bonchev–Trinajstić information content (AvgIpc) is 3.33. The third kappa shape index (κ3) is 4.80. The monoisotopic (exact) mass is 425 g/mol. The highest BCUT2D eigenvalue weighted by atomic mass is 16.5. The number of esters is 1. The van der Waals surface area contributed by atoms with E-state index >= 15 is 0 Å². The summed E-state index contributed by atoms with van der Waals surface area (Å²) in [5.41, 5.74) is 2.03. The van der Waals surface area contributed by atoms with Crippen molar-refractivity contribution in [3.63, 3.8) is 0 Å². The molecule has 1 amide bonds. The largest absolute Gasteiger partial charge is 0.452 e. The molecule has 4 aromatic carbocycles. The van der Waals surface area contributed by atoms with Crippen LogP contribution in [0.25, 0.3) is 21.5 Å². The first-order valence-corrected chi connectivity index (χ1v) is 11.1. The molecule has 0 radical (unpaired) electrons. The number of rotatable bonds is 4. The van der Waals surface area contributed by atoms with Crippen LogP contribution in [0.2, 0.25) is 0 Å². The van der Waals surface area contributed by atoms with Crippen molar-refractivity contribution in [2.75, 3.05) is 6.54 Å². The van der Waals surface area contributed by atoms with Gasteiger partial charge in [-0.25, -0.2) is 0 Å². The number of amides is 1. The summed E-state index contributed by atoms with van der Waals surface area (Å²) in [6.45, 7) is 2.71. The molecule has 0 spiro atoms. The number of ether oxygens (including phenoxy) is 1. The predicted molar refractivity (Wildman–Crippen MR) is 128 cm³/mol. The summed E-state index contributed by atoms with van der Waals surface area (Å²) in [6.07, 6.45) is 1.69. The maximum absolute atomic E-state index is 12.2. The zero-order chi connectivity index (χ0) is 22.3. The van der Waals surface area contributed by atoms with Crippen LogP contribution < -0.4 is 5.32 Å². The Morgan fingerprint density at radius 2 is 1.38 bits per heavy atom. The van der Waals surface area contributed by atoms with Crippen molar-refractivity contribution in [1.29, 1.82) is 0 Å². The fourth-order valence-corrected chi connectivity index (χ4v) is 4.03. The summed E-state index contributed by atoms with van der Waals surface area (Å²) in [6, 6.07) is 28.8. The Kier molecular flexibility index (Phi) is 6.81. The van der Waals surface area contributed by atoms with E-state index in [1.807, 2.05) is 43.3 Å². The minimum atomic E-state index is -0.431. The van der Waals surface area contributed by atoms with Gasteiger partial charge in [0.2, 0.25) is 5.91 Å². The molecule has 162 valence electrons. The van der Waals surface area contributed by atoms with Crippen LogP contribution in [0.3, 0.4) is 0 Å². The lowest BCUT2D eigenvalue weighted by molar-refractivity contribution is -0.147. The molecule has 4 heteroatoms. The first-order chi connectivity index (χ1) is 15.7. The van der Waals surface area contributed by atoms with E-state index < -0.39 is 6.10 Å². The first kappa shape index (κ1) is 21.6. The van der Waals surface area contributed by atoms with Crippen LogP contribution in [0.4, 0.5) is 0 Å². The van der Waals surface area contributed by atoms with Gasteiger partial charge in [0.1, 0.15) is 0 Å². The fraction of sp³-hybridized carbons (Fsp3) is 0.214. The summed E-state index contributed by atoms with van der Waals surface area (Å²) < 4.78 is 5.95. The lowest BCUT2D eigenvalue weighted by Gasteiger charge is -2.22. The molecule has 1 aliphatic heterocycles. The van der Waals surface area contributed by atoms with Gasteiger partial charge in [-0.2, -0.15) is 0 Å². The van der Waals surface area contributed by atoms with Gasteiger partial charge < -0.3 is 10.1 Å². The number of benzene rings is 4. The van der Waals surface area contributed by atoms with Crippen molar-refractivity contribution in [2.24, 2.45) is 0 Å². The third-order valence-corrected chi connectivity index (χ3v) is 5.65. The highest BCUT2D eigenvalue weighted by Crippen LogP contribution is 2.35. The highest BCUT2D eigenvalue weighted by molar-refractivity contribution is 5.90. The Bertz CT molecular complexity index is 1150. The smallest absolute Gasteiger partial charge is 0.306 e. The number of fused-ring (bicyclic) bond motifs is 2. The van der Waals surface area contributed by atoms with Crippen molar-refractivity contribution in [3.8, 4) is 0 Å². The van der Waals surface area contributed by atoms with Gasteiger partial charge in [0.05, 0.1) is 0 Å². The number of hydrogen-bond acceptors (Lipinski definition) is 3. The van der Waals surface area contributed by atoms with Crippen LogP contribution in [-0.4, -0.2) is 18.4 Å². The molecule has 4 aromatic rings. The Morgan fingerprint density at radius 1 is 0.844 bits per heavy atom. The first-order valence-electron chi connectivity index (χ1n) is 11.1. The zero-order valence-electron chi connectivity index (χ0n) is 18.2. The lowest BCUT2D eigenvalue weighted by atomic mass is 9.92. The van der Waals surface area contributed by atoms with Crippen molar-refractivity contribution in [2.45, 2.75) is 32.3 Å². The maximum atomic E-state index is 12.2. The molecule has 0 saturated carbocycles. The molecule has 0 aliphatic carbocycles. The van der Waals surface area contributed by atoms with Gasteiger partial charge in [-0.1, -0.05) is 91.9 Å². The summed E-state index contributed by atoms with van der Waals surface area (Å²) in [4.78, 5) is 22.4. The van der Waals surface area contributed by atoms with Gasteiger partial charge in [-0.05, 0) is 28.0 Å². The standard InChI is InChI=1S/C24H20O2.C4H7NO/c1-2-23(25)26-24(21-15-7-11-17-9-3-5-13-19(17)21)22-16-8-12-18-10-4-6-14-20(18)22;6-4-2-1-3-5-4/h3-16,24H,2H2,1H3;1-3H2,(H,5,6). The molecule has 1 aliphatic rings. The minimum absolute atomic E-state index is 0.198. The van der Waals surface area contributed by atoms with E-state index in [1.54, 1.807) is 0 Å². The van der Waals surface area contributed by atoms with Crippen LogP contribution in [0.1, 0.15) is 43.4 Å². The van der Waals surface area contributed by atoms with Crippen LogP contribution in [0, 0.1) is 0 Å². The van der Waals surface area contributed by atoms with Gasteiger partial charge >= 0.3 is 5.97 Å². The number of carbonyl (C=O) groups is 2. The Hall–Kier alpha value is -3.66. The number of nitrogens with one attached hydrogen (secondary N) is 1. The maximum Gasteiger partial charge on any atom is 0.306 e. The Morgan fingerprint density at radius 3 is 1.81 bits per heavy atom. The van der Waals surface area contributed by atoms with Gasteiger partial charge in [-0.3, -0.25) is 9.59 Å². The van der Waals surface area contributed by atoms with Crippen LogP contribution in [0.5, 0.6) is 0 Å². The van der Waals surface area contributed by atoms with Crippen LogP contribution in [0.15, 0.2) is 84.9 Å². The van der Waals surface area contributed by atoms with E-state index in [2.05, 4.69) is 53.8 Å². The molecule has 32 heavy (non-hydrogen) atoms. The molecule has 1 fully saturated rings. The summed E-state index contributed by atoms with van der Waals surface area (Å²) >= 11 is 0. The number of hydrogen-bond donors (Lipinski definition) is 1. The average molecular weight is 426 g/mol.